The van der Waals surface area contributed by atoms with E-state index in [0.717, 1.165) is 24.8 Å². The summed E-state index contributed by atoms with van der Waals surface area (Å²) in [6, 6.07) is 7.69. The van der Waals surface area contributed by atoms with Crippen LogP contribution in [0.15, 0.2) is 24.3 Å². The lowest BCUT2D eigenvalue weighted by Gasteiger charge is -2.26. The highest BCUT2D eigenvalue weighted by Gasteiger charge is 2.43. The number of nitrogens with one attached hydrogen (secondary N) is 1. The summed E-state index contributed by atoms with van der Waals surface area (Å²) in [5.41, 5.74) is 1.16. The summed E-state index contributed by atoms with van der Waals surface area (Å²) in [4.78, 5) is 12.2. The third-order valence-corrected chi connectivity index (χ3v) is 4.97. The number of aliphatic hydroxyl groups is 1. The Morgan fingerprint density at radius 3 is 2.68 bits per heavy atom. The van der Waals surface area contributed by atoms with Gasteiger partial charge in [0.15, 0.2) is 0 Å². The molecule has 1 aromatic rings. The van der Waals surface area contributed by atoms with Gasteiger partial charge in [-0.15, -0.1) is 0 Å². The smallest absolute Gasteiger partial charge is 0.223 e. The van der Waals surface area contributed by atoms with Crippen molar-refractivity contribution in [2.45, 2.75) is 31.3 Å². The molecule has 22 heavy (non-hydrogen) atoms. The molecule has 4 nitrogen and oxygen atoms in total. The topological polar surface area (TPSA) is 58.6 Å². The van der Waals surface area contributed by atoms with E-state index in [1.165, 1.54) is 0 Å². The largest absolute Gasteiger partial charge is 0.391 e. The van der Waals surface area contributed by atoms with Gasteiger partial charge < -0.3 is 15.2 Å². The van der Waals surface area contributed by atoms with Crippen LogP contribution in [0.2, 0.25) is 5.02 Å². The van der Waals surface area contributed by atoms with Crippen LogP contribution in [0.3, 0.4) is 0 Å². The van der Waals surface area contributed by atoms with E-state index in [2.05, 4.69) is 5.32 Å². The quantitative estimate of drug-likeness (QED) is 0.874. The summed E-state index contributed by atoms with van der Waals surface area (Å²) in [5.74, 6) is 0.604. The van der Waals surface area contributed by atoms with Crippen LogP contribution in [-0.4, -0.2) is 36.9 Å². The van der Waals surface area contributed by atoms with E-state index >= 15 is 0 Å². The molecule has 3 rings (SSSR count). The summed E-state index contributed by atoms with van der Waals surface area (Å²) in [6.07, 6.45) is 2.14. The number of hydrogen-bond donors (Lipinski definition) is 2. The molecule has 0 aromatic heterocycles. The molecular formula is C17H22ClNO3. The van der Waals surface area contributed by atoms with Gasteiger partial charge in [0.2, 0.25) is 5.91 Å². The maximum absolute atomic E-state index is 12.2. The van der Waals surface area contributed by atoms with Crippen molar-refractivity contribution in [3.05, 3.63) is 34.9 Å². The lowest BCUT2D eigenvalue weighted by molar-refractivity contribution is -0.123. The number of carbonyl (C=O) groups is 1. The Balaban J connectivity index is 1.44. The van der Waals surface area contributed by atoms with E-state index < -0.39 is 6.10 Å². The Morgan fingerprint density at radius 2 is 2.00 bits per heavy atom. The van der Waals surface area contributed by atoms with Crippen LogP contribution in [0, 0.1) is 11.8 Å². The molecule has 0 spiro atoms. The Morgan fingerprint density at radius 1 is 1.32 bits per heavy atom. The second kappa shape index (κ2) is 6.99. The predicted molar refractivity (Wildman–Crippen MR) is 84.9 cm³/mol. The van der Waals surface area contributed by atoms with Crippen LogP contribution in [0.25, 0.3) is 0 Å². The summed E-state index contributed by atoms with van der Waals surface area (Å²) in [6.45, 7) is 1.75. The van der Waals surface area contributed by atoms with Gasteiger partial charge in [-0.2, -0.15) is 0 Å². The van der Waals surface area contributed by atoms with Crippen molar-refractivity contribution in [1.82, 2.24) is 5.32 Å². The van der Waals surface area contributed by atoms with Gasteiger partial charge in [0, 0.05) is 30.7 Å². The van der Waals surface area contributed by atoms with Gasteiger partial charge in [-0.25, -0.2) is 0 Å². The Bertz CT molecular complexity index is 513. The summed E-state index contributed by atoms with van der Waals surface area (Å²) in [5, 5.41) is 13.8. The van der Waals surface area contributed by atoms with Gasteiger partial charge in [-0.1, -0.05) is 23.7 Å². The molecule has 1 saturated heterocycles. The number of ether oxygens (including phenoxy) is 1. The van der Waals surface area contributed by atoms with E-state index in [9.17, 15) is 9.90 Å². The zero-order chi connectivity index (χ0) is 15.5. The normalized spacial score (nSPS) is 26.5. The number of amides is 1. The van der Waals surface area contributed by atoms with Gasteiger partial charge in [-0.05, 0) is 48.8 Å². The molecule has 1 aromatic carbocycles. The molecule has 120 valence electrons. The summed E-state index contributed by atoms with van der Waals surface area (Å²) in [7, 11) is 0. The van der Waals surface area contributed by atoms with Crippen molar-refractivity contribution in [1.29, 1.82) is 0 Å². The maximum Gasteiger partial charge on any atom is 0.223 e. The van der Waals surface area contributed by atoms with E-state index in [-0.39, 0.29) is 23.7 Å². The molecule has 1 aliphatic heterocycles. The van der Waals surface area contributed by atoms with Crippen molar-refractivity contribution in [3.63, 3.8) is 0 Å². The minimum absolute atomic E-state index is 0.0306. The fraction of sp³-hybridized carbons (Fsp3) is 0.588. The SMILES string of the molecule is O=C(NC[C@H](O)C1CCOCC1)[C@H]1C[C@@H]1c1ccc(Cl)cc1. The maximum atomic E-state index is 12.2. The van der Waals surface area contributed by atoms with Crippen LogP contribution in [0.4, 0.5) is 0 Å². The van der Waals surface area contributed by atoms with Crippen molar-refractivity contribution < 1.29 is 14.6 Å². The third-order valence-electron chi connectivity index (χ3n) is 4.72. The Hall–Kier alpha value is -1.10. The molecule has 2 fully saturated rings. The van der Waals surface area contributed by atoms with Gasteiger partial charge >= 0.3 is 0 Å². The highest BCUT2D eigenvalue weighted by Crippen LogP contribution is 2.47. The van der Waals surface area contributed by atoms with Crippen molar-refractivity contribution >= 4 is 17.5 Å². The average molecular weight is 324 g/mol. The molecule has 2 aliphatic rings. The highest BCUT2D eigenvalue weighted by atomic mass is 35.5. The lowest BCUT2D eigenvalue weighted by Crippen LogP contribution is -2.39. The Kier molecular flexibility index (Phi) is 5.01. The zero-order valence-electron chi connectivity index (χ0n) is 12.5. The first-order valence-corrected chi connectivity index (χ1v) is 8.32. The molecule has 0 radical (unpaired) electrons. The third kappa shape index (κ3) is 3.80. The lowest BCUT2D eigenvalue weighted by atomic mass is 9.94. The fourth-order valence-electron chi connectivity index (χ4n) is 3.17. The van der Waals surface area contributed by atoms with E-state index in [0.29, 0.717) is 24.8 Å². The van der Waals surface area contributed by atoms with Crippen molar-refractivity contribution in [2.75, 3.05) is 19.8 Å². The average Bonchev–Trinajstić information content (AvgIpc) is 3.34. The van der Waals surface area contributed by atoms with Crippen LogP contribution in [0.1, 0.15) is 30.7 Å². The first-order valence-electron chi connectivity index (χ1n) is 7.94. The van der Waals surface area contributed by atoms with Gasteiger partial charge in [0.05, 0.1) is 6.10 Å². The minimum Gasteiger partial charge on any atom is -0.391 e. The molecule has 2 N–H and O–H groups in total. The van der Waals surface area contributed by atoms with Crippen LogP contribution in [0.5, 0.6) is 0 Å². The van der Waals surface area contributed by atoms with Gasteiger partial charge in [0.1, 0.15) is 0 Å². The van der Waals surface area contributed by atoms with E-state index in [1.54, 1.807) is 0 Å². The second-order valence-electron chi connectivity index (χ2n) is 6.26. The van der Waals surface area contributed by atoms with Crippen molar-refractivity contribution in [2.24, 2.45) is 11.8 Å². The zero-order valence-corrected chi connectivity index (χ0v) is 13.3. The summed E-state index contributed by atoms with van der Waals surface area (Å²) >= 11 is 5.88. The number of carbonyl (C=O) groups excluding carboxylic acids is 1. The number of hydrogen-bond acceptors (Lipinski definition) is 3. The molecule has 1 amide bonds. The highest BCUT2D eigenvalue weighted by molar-refractivity contribution is 6.30. The van der Waals surface area contributed by atoms with Crippen molar-refractivity contribution in [3.8, 4) is 0 Å². The number of aliphatic hydroxyl groups excluding tert-OH is 1. The molecule has 3 atom stereocenters. The number of rotatable bonds is 5. The molecule has 1 heterocycles. The fourth-order valence-corrected chi connectivity index (χ4v) is 3.29. The standard InChI is InChI=1S/C17H22ClNO3/c18-13-3-1-11(2-4-13)14-9-15(14)17(21)19-10-16(20)12-5-7-22-8-6-12/h1-4,12,14-16,20H,5-10H2,(H,19,21)/t14-,15+,16+/m1/s1. The molecule has 1 saturated carbocycles. The molecule has 5 heteroatoms. The molecule has 0 bridgehead atoms. The predicted octanol–water partition coefficient (Wildman–Crippen LogP) is 2.35. The number of benzene rings is 1. The van der Waals surface area contributed by atoms with Gasteiger partial charge in [-0.3, -0.25) is 4.79 Å². The van der Waals surface area contributed by atoms with Gasteiger partial charge in [0.25, 0.3) is 0 Å². The van der Waals surface area contributed by atoms with E-state index in [4.69, 9.17) is 16.3 Å². The molecular weight excluding hydrogens is 302 g/mol. The minimum atomic E-state index is -0.472. The number of halogens is 1. The van der Waals surface area contributed by atoms with Crippen LogP contribution in [-0.2, 0) is 9.53 Å². The molecule has 0 unspecified atom stereocenters. The Labute approximate surface area is 135 Å². The monoisotopic (exact) mass is 323 g/mol. The van der Waals surface area contributed by atoms with Crippen LogP contribution >= 0.6 is 11.6 Å². The second-order valence-corrected chi connectivity index (χ2v) is 6.70. The first kappa shape index (κ1) is 15.8. The van der Waals surface area contributed by atoms with Crippen LogP contribution < -0.4 is 5.32 Å². The first-order chi connectivity index (χ1) is 10.6. The van der Waals surface area contributed by atoms with E-state index in [1.807, 2.05) is 24.3 Å². The summed E-state index contributed by atoms with van der Waals surface area (Å²) < 4.78 is 5.29. The molecule has 1 aliphatic carbocycles.